The highest BCUT2D eigenvalue weighted by atomic mass is 16.5. The van der Waals surface area contributed by atoms with E-state index in [9.17, 15) is 0 Å². The molecule has 156 valence electrons. The summed E-state index contributed by atoms with van der Waals surface area (Å²) in [4.78, 5) is 0. The Hall–Kier alpha value is -3.92. The minimum atomic E-state index is 0.474. The fourth-order valence-corrected chi connectivity index (χ4v) is 3.61. The molecule has 0 heterocycles. The van der Waals surface area contributed by atoms with Crippen molar-refractivity contribution in [3.63, 3.8) is 0 Å². The normalized spacial score (nSPS) is 10.6. The van der Waals surface area contributed by atoms with Crippen molar-refractivity contribution in [2.24, 2.45) is 0 Å². The average molecular weight is 410 g/mol. The molecular weight excluding hydrogens is 382 g/mol. The Morgan fingerprint density at radius 1 is 0.710 bits per heavy atom. The largest absolute Gasteiger partial charge is 0.488 e. The van der Waals surface area contributed by atoms with Gasteiger partial charge in [-0.15, -0.1) is 0 Å². The Morgan fingerprint density at radius 2 is 1.42 bits per heavy atom. The van der Waals surface area contributed by atoms with Gasteiger partial charge in [0.25, 0.3) is 0 Å². The van der Waals surface area contributed by atoms with Gasteiger partial charge in [-0.2, -0.15) is 0 Å². The number of benzene rings is 4. The van der Waals surface area contributed by atoms with Gasteiger partial charge < -0.3 is 21.5 Å². The molecule has 0 spiro atoms. The molecular formula is C27H27N3O. The van der Waals surface area contributed by atoms with E-state index in [0.717, 1.165) is 41.1 Å². The second-order valence-electron chi connectivity index (χ2n) is 7.50. The van der Waals surface area contributed by atoms with Gasteiger partial charge in [0.2, 0.25) is 0 Å². The molecule has 4 rings (SSSR count). The van der Waals surface area contributed by atoms with E-state index in [1.807, 2.05) is 66.7 Å². The highest BCUT2D eigenvalue weighted by molar-refractivity contribution is 5.85. The number of nitrogens with two attached hydrogens (primary N) is 2. The van der Waals surface area contributed by atoms with Crippen LogP contribution in [-0.4, -0.2) is 6.54 Å². The van der Waals surface area contributed by atoms with Crippen LogP contribution in [0.5, 0.6) is 5.75 Å². The lowest BCUT2D eigenvalue weighted by Crippen LogP contribution is -2.06. The average Bonchev–Trinajstić information content (AvgIpc) is 2.79. The van der Waals surface area contributed by atoms with E-state index in [4.69, 9.17) is 16.2 Å². The van der Waals surface area contributed by atoms with Gasteiger partial charge >= 0.3 is 0 Å². The minimum absolute atomic E-state index is 0.474. The van der Waals surface area contributed by atoms with E-state index in [1.54, 1.807) is 0 Å². The van der Waals surface area contributed by atoms with Crippen LogP contribution >= 0.6 is 0 Å². The van der Waals surface area contributed by atoms with Crippen LogP contribution in [0.3, 0.4) is 0 Å². The fourth-order valence-electron chi connectivity index (χ4n) is 3.61. The summed E-state index contributed by atoms with van der Waals surface area (Å²) in [6.45, 7) is 1.29. The van der Waals surface area contributed by atoms with E-state index in [1.165, 1.54) is 5.56 Å². The first kappa shape index (κ1) is 20.4. The van der Waals surface area contributed by atoms with Gasteiger partial charge in [-0.1, -0.05) is 66.7 Å². The Bertz CT molecular complexity index is 1130. The molecule has 31 heavy (non-hydrogen) atoms. The van der Waals surface area contributed by atoms with Gasteiger partial charge in [-0.3, -0.25) is 0 Å². The Labute approximate surface area is 183 Å². The molecule has 4 aromatic carbocycles. The van der Waals surface area contributed by atoms with Crippen molar-refractivity contribution in [2.45, 2.75) is 13.0 Å². The van der Waals surface area contributed by atoms with Crippen LogP contribution in [-0.2, 0) is 13.0 Å². The lowest BCUT2D eigenvalue weighted by Gasteiger charge is -2.16. The number of anilines is 3. The number of nitrogen functional groups attached to an aromatic ring is 2. The van der Waals surface area contributed by atoms with E-state index < -0.39 is 0 Å². The van der Waals surface area contributed by atoms with E-state index in [2.05, 4.69) is 35.6 Å². The maximum atomic E-state index is 6.36. The second kappa shape index (κ2) is 9.72. The smallest absolute Gasteiger partial charge is 0.129 e. The Morgan fingerprint density at radius 3 is 2.16 bits per heavy atom. The number of hydrogen-bond acceptors (Lipinski definition) is 4. The number of ether oxygens (including phenoxy) is 1. The molecule has 0 saturated heterocycles. The van der Waals surface area contributed by atoms with E-state index in [-0.39, 0.29) is 0 Å². The van der Waals surface area contributed by atoms with Gasteiger partial charge in [0, 0.05) is 29.2 Å². The first-order valence-electron chi connectivity index (χ1n) is 10.4. The van der Waals surface area contributed by atoms with Crippen molar-refractivity contribution >= 4 is 17.1 Å². The predicted molar refractivity (Wildman–Crippen MR) is 130 cm³/mol. The maximum Gasteiger partial charge on any atom is 0.129 e. The van der Waals surface area contributed by atoms with Crippen molar-refractivity contribution < 1.29 is 4.74 Å². The summed E-state index contributed by atoms with van der Waals surface area (Å²) in [6.07, 6.45) is 0.934. The summed E-state index contributed by atoms with van der Waals surface area (Å²) in [5, 5.41) is 3.48. The van der Waals surface area contributed by atoms with Gasteiger partial charge in [0.15, 0.2) is 0 Å². The maximum absolute atomic E-state index is 6.36. The summed E-state index contributed by atoms with van der Waals surface area (Å²) >= 11 is 0. The van der Waals surface area contributed by atoms with Crippen molar-refractivity contribution in [3.05, 3.63) is 108 Å². The topological polar surface area (TPSA) is 73.3 Å². The van der Waals surface area contributed by atoms with Gasteiger partial charge in [0.1, 0.15) is 12.4 Å². The molecule has 5 N–H and O–H groups in total. The zero-order valence-electron chi connectivity index (χ0n) is 17.4. The van der Waals surface area contributed by atoms with Gasteiger partial charge in [-0.05, 0) is 53.4 Å². The molecule has 4 nitrogen and oxygen atoms in total. The van der Waals surface area contributed by atoms with Gasteiger partial charge in [0.05, 0.1) is 0 Å². The molecule has 0 unspecified atom stereocenters. The second-order valence-corrected chi connectivity index (χ2v) is 7.50. The monoisotopic (exact) mass is 409 g/mol. The predicted octanol–water partition coefficient (Wildman–Crippen LogP) is 5.75. The minimum Gasteiger partial charge on any atom is -0.488 e. The molecule has 4 aromatic rings. The van der Waals surface area contributed by atoms with Crippen molar-refractivity contribution in [1.29, 1.82) is 0 Å². The lowest BCUT2D eigenvalue weighted by atomic mass is 10.0. The number of hydrogen-bond donors (Lipinski definition) is 3. The molecule has 0 aliphatic carbocycles. The van der Waals surface area contributed by atoms with Crippen molar-refractivity contribution in [1.82, 2.24) is 0 Å². The highest BCUT2D eigenvalue weighted by Gasteiger charge is 2.12. The zero-order chi connectivity index (χ0) is 21.5. The molecule has 0 amide bonds. The molecule has 4 heteroatoms. The van der Waals surface area contributed by atoms with Crippen LogP contribution in [0.25, 0.3) is 11.1 Å². The van der Waals surface area contributed by atoms with Crippen molar-refractivity contribution in [2.75, 3.05) is 23.3 Å². The quantitative estimate of drug-likeness (QED) is 0.324. The molecule has 0 radical (unpaired) electrons. The molecule has 0 atom stereocenters. The van der Waals surface area contributed by atoms with E-state index in [0.29, 0.717) is 18.0 Å². The van der Waals surface area contributed by atoms with Crippen LogP contribution < -0.4 is 21.5 Å². The zero-order valence-corrected chi connectivity index (χ0v) is 17.4. The molecule has 0 aliphatic heterocycles. The Kier molecular flexibility index (Phi) is 6.38. The summed E-state index contributed by atoms with van der Waals surface area (Å²) in [7, 11) is 0. The van der Waals surface area contributed by atoms with Crippen LogP contribution in [0.4, 0.5) is 17.1 Å². The van der Waals surface area contributed by atoms with Crippen LogP contribution in [0, 0.1) is 0 Å². The summed E-state index contributed by atoms with van der Waals surface area (Å²) < 4.78 is 6.14. The summed E-state index contributed by atoms with van der Waals surface area (Å²) in [5.41, 5.74) is 19.1. The number of nitrogens with one attached hydrogen (secondary N) is 1. The lowest BCUT2D eigenvalue weighted by molar-refractivity contribution is 0.307. The first-order chi connectivity index (χ1) is 15.2. The summed E-state index contributed by atoms with van der Waals surface area (Å²) in [6, 6.07) is 32.2. The van der Waals surface area contributed by atoms with Crippen LogP contribution in [0.2, 0.25) is 0 Å². The third kappa shape index (κ3) is 5.37. The first-order valence-corrected chi connectivity index (χ1v) is 10.4. The molecule has 0 aromatic heterocycles. The van der Waals surface area contributed by atoms with Gasteiger partial charge in [-0.25, -0.2) is 0 Å². The number of rotatable bonds is 8. The standard InChI is InChI=1S/C27H27N3O/c28-23-16-22(17-24(18-23)30-15-14-20-8-3-1-4-9-20)27-25(29)12-7-13-26(27)31-19-21-10-5-2-6-11-21/h1-13,16-18,30H,14-15,19,28-29H2. The molecule has 0 bridgehead atoms. The van der Waals surface area contributed by atoms with Crippen LogP contribution in [0.1, 0.15) is 11.1 Å². The summed E-state index contributed by atoms with van der Waals surface area (Å²) in [5.74, 6) is 0.740. The van der Waals surface area contributed by atoms with Crippen molar-refractivity contribution in [3.8, 4) is 16.9 Å². The SMILES string of the molecule is Nc1cc(NCCc2ccccc2)cc(-c2c(N)cccc2OCc2ccccc2)c1. The van der Waals surface area contributed by atoms with E-state index >= 15 is 0 Å². The van der Waals surface area contributed by atoms with Crippen LogP contribution in [0.15, 0.2) is 97.1 Å². The fraction of sp³-hybridized carbons (Fsp3) is 0.111. The Balaban J connectivity index is 1.54. The molecule has 0 fully saturated rings. The third-order valence-corrected chi connectivity index (χ3v) is 5.13. The highest BCUT2D eigenvalue weighted by Crippen LogP contribution is 2.38. The molecule has 0 saturated carbocycles. The molecule has 0 aliphatic rings. The third-order valence-electron chi connectivity index (χ3n) is 5.13.